The van der Waals surface area contributed by atoms with Gasteiger partial charge in [0, 0.05) is 12.5 Å². The Morgan fingerprint density at radius 1 is 0.971 bits per heavy atom. The molecular formula is C28H36N2O5. The quantitative estimate of drug-likeness (QED) is 0.428. The van der Waals surface area contributed by atoms with Crippen molar-refractivity contribution in [3.8, 4) is 11.1 Å². The summed E-state index contributed by atoms with van der Waals surface area (Å²) >= 11 is 0. The highest BCUT2D eigenvalue weighted by Gasteiger charge is 2.31. The van der Waals surface area contributed by atoms with Gasteiger partial charge in [-0.05, 0) is 40.5 Å². The minimum atomic E-state index is -0.941. The zero-order valence-corrected chi connectivity index (χ0v) is 20.9. The van der Waals surface area contributed by atoms with Gasteiger partial charge in [-0.3, -0.25) is 9.59 Å². The van der Waals surface area contributed by atoms with E-state index < -0.39 is 29.9 Å². The molecule has 0 aliphatic heterocycles. The van der Waals surface area contributed by atoms with Crippen molar-refractivity contribution in [1.29, 1.82) is 0 Å². The maximum absolute atomic E-state index is 12.9. The van der Waals surface area contributed by atoms with Crippen molar-refractivity contribution in [2.24, 2.45) is 17.8 Å². The van der Waals surface area contributed by atoms with Gasteiger partial charge in [-0.25, -0.2) is 4.79 Å². The number of benzene rings is 2. The largest absolute Gasteiger partial charge is 0.481 e. The highest BCUT2D eigenvalue weighted by molar-refractivity contribution is 5.86. The molecule has 0 heterocycles. The lowest BCUT2D eigenvalue weighted by Gasteiger charge is -2.25. The number of alkyl carbamates (subject to hydrolysis) is 1. The van der Waals surface area contributed by atoms with Gasteiger partial charge in [0.1, 0.15) is 12.6 Å². The fraction of sp³-hybridized carbons (Fsp3) is 0.464. The summed E-state index contributed by atoms with van der Waals surface area (Å²) in [5.74, 6) is -2.05. The minimum absolute atomic E-state index is 0.0195. The number of ether oxygens (including phenoxy) is 1. The van der Waals surface area contributed by atoms with E-state index >= 15 is 0 Å². The fourth-order valence-electron chi connectivity index (χ4n) is 4.64. The lowest BCUT2D eigenvalue weighted by Crippen LogP contribution is -2.51. The number of nitrogens with one attached hydrogen (secondary N) is 2. The molecule has 7 heteroatoms. The van der Waals surface area contributed by atoms with Gasteiger partial charge in [0.15, 0.2) is 0 Å². The van der Waals surface area contributed by atoms with Gasteiger partial charge in [0.2, 0.25) is 5.91 Å². The SMILES string of the molecule is CCC(C)C(NC(=O)OCC1c2ccccc2-c2ccccc21)C(=O)NCC(CC(C)C)C(=O)O. The summed E-state index contributed by atoms with van der Waals surface area (Å²) in [5.41, 5.74) is 4.51. The molecule has 0 spiro atoms. The van der Waals surface area contributed by atoms with Crippen LogP contribution in [0.3, 0.4) is 0 Å². The van der Waals surface area contributed by atoms with Crippen molar-refractivity contribution in [2.75, 3.05) is 13.2 Å². The molecule has 0 aromatic heterocycles. The van der Waals surface area contributed by atoms with Crippen molar-refractivity contribution in [2.45, 2.75) is 52.5 Å². The number of amides is 2. The van der Waals surface area contributed by atoms with Gasteiger partial charge in [-0.2, -0.15) is 0 Å². The third-order valence-corrected chi connectivity index (χ3v) is 6.74. The van der Waals surface area contributed by atoms with E-state index in [2.05, 4.69) is 22.8 Å². The summed E-state index contributed by atoms with van der Waals surface area (Å²) < 4.78 is 5.61. The average molecular weight is 481 g/mol. The fourth-order valence-corrected chi connectivity index (χ4v) is 4.64. The van der Waals surface area contributed by atoms with E-state index in [1.807, 2.05) is 64.1 Å². The van der Waals surface area contributed by atoms with Crippen LogP contribution < -0.4 is 10.6 Å². The molecule has 188 valence electrons. The van der Waals surface area contributed by atoms with Gasteiger partial charge < -0.3 is 20.5 Å². The van der Waals surface area contributed by atoms with E-state index in [4.69, 9.17) is 4.74 Å². The van der Waals surface area contributed by atoms with E-state index in [1.165, 1.54) is 0 Å². The van der Waals surface area contributed by atoms with Crippen molar-refractivity contribution < 1.29 is 24.2 Å². The summed E-state index contributed by atoms with van der Waals surface area (Å²) in [4.78, 5) is 37.2. The standard InChI is InChI=1S/C28H36N2O5/c1-5-18(4)25(26(31)29-15-19(27(32)33)14-17(2)3)30-28(34)35-16-24-22-12-8-6-10-20(22)21-11-7-9-13-23(21)24/h6-13,17-19,24-25H,5,14-16H2,1-4H3,(H,29,31)(H,30,34)(H,32,33). The van der Waals surface area contributed by atoms with Crippen LogP contribution in [0.2, 0.25) is 0 Å². The first-order valence-electron chi connectivity index (χ1n) is 12.3. The molecule has 0 bridgehead atoms. The zero-order valence-electron chi connectivity index (χ0n) is 20.9. The van der Waals surface area contributed by atoms with Gasteiger partial charge in [0.25, 0.3) is 0 Å². The van der Waals surface area contributed by atoms with Crippen LogP contribution in [0.4, 0.5) is 4.79 Å². The Morgan fingerprint density at radius 2 is 1.54 bits per heavy atom. The number of carbonyl (C=O) groups excluding carboxylic acids is 2. The van der Waals surface area contributed by atoms with E-state index in [9.17, 15) is 19.5 Å². The molecule has 1 aliphatic rings. The molecule has 2 aromatic rings. The normalized spacial score (nSPS) is 15.0. The van der Waals surface area contributed by atoms with Crippen LogP contribution in [0.15, 0.2) is 48.5 Å². The van der Waals surface area contributed by atoms with Crippen LogP contribution in [-0.2, 0) is 14.3 Å². The smallest absolute Gasteiger partial charge is 0.407 e. The molecule has 0 radical (unpaired) electrons. The molecule has 0 fully saturated rings. The number of carbonyl (C=O) groups is 3. The van der Waals surface area contributed by atoms with Crippen molar-refractivity contribution >= 4 is 18.0 Å². The van der Waals surface area contributed by atoms with Crippen molar-refractivity contribution in [3.05, 3.63) is 59.7 Å². The van der Waals surface area contributed by atoms with E-state index in [0.717, 1.165) is 22.3 Å². The molecule has 2 aromatic carbocycles. The van der Waals surface area contributed by atoms with E-state index in [-0.39, 0.29) is 30.9 Å². The average Bonchev–Trinajstić information content (AvgIpc) is 3.16. The zero-order chi connectivity index (χ0) is 25.5. The van der Waals surface area contributed by atoms with E-state index in [1.54, 1.807) is 0 Å². The maximum Gasteiger partial charge on any atom is 0.407 e. The molecule has 2 amide bonds. The van der Waals surface area contributed by atoms with Crippen LogP contribution >= 0.6 is 0 Å². The van der Waals surface area contributed by atoms with Crippen LogP contribution in [0, 0.1) is 17.8 Å². The lowest BCUT2D eigenvalue weighted by atomic mass is 9.96. The molecule has 3 unspecified atom stereocenters. The Labute approximate surface area is 207 Å². The Morgan fingerprint density at radius 3 is 2.06 bits per heavy atom. The molecule has 3 N–H and O–H groups in total. The monoisotopic (exact) mass is 480 g/mol. The van der Waals surface area contributed by atoms with Gasteiger partial charge in [0.05, 0.1) is 5.92 Å². The number of fused-ring (bicyclic) bond motifs is 3. The molecule has 0 saturated heterocycles. The summed E-state index contributed by atoms with van der Waals surface area (Å²) in [6.45, 7) is 7.87. The van der Waals surface area contributed by atoms with Gasteiger partial charge in [-0.1, -0.05) is 82.6 Å². The Kier molecular flexibility index (Phi) is 8.90. The van der Waals surface area contributed by atoms with Crippen molar-refractivity contribution in [1.82, 2.24) is 10.6 Å². The number of carboxylic acid groups (broad SMARTS) is 1. The summed E-state index contributed by atoms with van der Waals surface area (Å²) in [6, 6.07) is 15.4. The third-order valence-electron chi connectivity index (χ3n) is 6.74. The molecule has 7 nitrogen and oxygen atoms in total. The Balaban J connectivity index is 1.63. The Hall–Kier alpha value is -3.35. The molecular weight excluding hydrogens is 444 g/mol. The first-order chi connectivity index (χ1) is 16.7. The third kappa shape index (κ3) is 6.41. The van der Waals surface area contributed by atoms with Gasteiger partial charge in [-0.15, -0.1) is 0 Å². The predicted molar refractivity (Wildman–Crippen MR) is 135 cm³/mol. The molecule has 35 heavy (non-hydrogen) atoms. The molecule has 3 atom stereocenters. The van der Waals surface area contributed by atoms with Crippen LogP contribution in [0.1, 0.15) is 57.6 Å². The second-order valence-corrected chi connectivity index (χ2v) is 9.74. The minimum Gasteiger partial charge on any atom is -0.481 e. The van der Waals surface area contributed by atoms with Gasteiger partial charge >= 0.3 is 12.1 Å². The van der Waals surface area contributed by atoms with Crippen LogP contribution in [-0.4, -0.2) is 42.3 Å². The first-order valence-corrected chi connectivity index (χ1v) is 12.3. The predicted octanol–water partition coefficient (Wildman–Crippen LogP) is 4.80. The Bertz CT molecular complexity index is 1010. The molecule has 0 saturated carbocycles. The lowest BCUT2D eigenvalue weighted by molar-refractivity contribution is -0.142. The maximum atomic E-state index is 12.9. The highest BCUT2D eigenvalue weighted by atomic mass is 16.5. The summed E-state index contributed by atoms with van der Waals surface area (Å²) in [7, 11) is 0. The second-order valence-electron chi connectivity index (χ2n) is 9.74. The first kappa shape index (κ1) is 26.3. The van der Waals surface area contributed by atoms with Crippen LogP contribution in [0.5, 0.6) is 0 Å². The summed E-state index contributed by atoms with van der Waals surface area (Å²) in [5, 5.41) is 14.9. The second kappa shape index (κ2) is 11.9. The van der Waals surface area contributed by atoms with E-state index in [0.29, 0.717) is 12.8 Å². The number of hydrogen-bond acceptors (Lipinski definition) is 4. The number of rotatable bonds is 11. The number of carboxylic acids is 1. The highest BCUT2D eigenvalue weighted by Crippen LogP contribution is 2.44. The number of hydrogen-bond donors (Lipinski definition) is 3. The summed E-state index contributed by atoms with van der Waals surface area (Å²) in [6.07, 6.45) is 0.462. The van der Waals surface area contributed by atoms with Crippen LogP contribution in [0.25, 0.3) is 11.1 Å². The molecule has 3 rings (SSSR count). The molecule has 1 aliphatic carbocycles. The number of aliphatic carboxylic acids is 1. The van der Waals surface area contributed by atoms with Crippen molar-refractivity contribution in [3.63, 3.8) is 0 Å². The topological polar surface area (TPSA) is 105 Å².